The summed E-state index contributed by atoms with van der Waals surface area (Å²) in [6.07, 6.45) is 3.69. The van der Waals surface area contributed by atoms with Gasteiger partial charge >= 0.3 is 6.03 Å². The van der Waals surface area contributed by atoms with Crippen molar-refractivity contribution in [3.05, 3.63) is 71.0 Å². The van der Waals surface area contributed by atoms with Crippen molar-refractivity contribution in [3.8, 4) is 23.0 Å². The van der Waals surface area contributed by atoms with E-state index in [1.54, 1.807) is 75.1 Å². The third-order valence-electron chi connectivity index (χ3n) is 5.06. The summed E-state index contributed by atoms with van der Waals surface area (Å²) in [5.41, 5.74) is 4.54. The van der Waals surface area contributed by atoms with E-state index in [0.29, 0.717) is 45.1 Å². The van der Waals surface area contributed by atoms with Crippen LogP contribution in [-0.4, -0.2) is 36.6 Å². The zero-order valence-electron chi connectivity index (χ0n) is 19.6. The number of hydrogen-bond acceptors (Lipinski definition) is 7. The average molecular weight is 552 g/mol. The van der Waals surface area contributed by atoms with E-state index in [1.165, 1.54) is 0 Å². The molecule has 0 bridgehead atoms. The summed E-state index contributed by atoms with van der Waals surface area (Å²) in [5, 5.41) is 4.40. The number of aromatic nitrogens is 2. The largest absolute Gasteiger partial charge is 0.493 e. The maximum atomic E-state index is 12.4. The van der Waals surface area contributed by atoms with Gasteiger partial charge in [-0.05, 0) is 70.9 Å². The summed E-state index contributed by atoms with van der Waals surface area (Å²) in [4.78, 5) is 32.5. The highest BCUT2D eigenvalue weighted by Gasteiger charge is 2.15. The number of halogens is 1. The molecule has 10 nitrogen and oxygen atoms in total. The van der Waals surface area contributed by atoms with E-state index >= 15 is 0 Å². The molecule has 0 radical (unpaired) electrons. The Morgan fingerprint density at radius 3 is 2.39 bits per heavy atom. The van der Waals surface area contributed by atoms with Crippen LogP contribution in [0.2, 0.25) is 0 Å². The molecule has 0 aliphatic carbocycles. The second kappa shape index (κ2) is 10.9. The molecule has 0 unspecified atom stereocenters. The van der Waals surface area contributed by atoms with Gasteiger partial charge < -0.3 is 19.5 Å². The van der Waals surface area contributed by atoms with Gasteiger partial charge in [0.1, 0.15) is 11.5 Å². The van der Waals surface area contributed by atoms with E-state index in [9.17, 15) is 9.59 Å². The lowest BCUT2D eigenvalue weighted by Crippen LogP contribution is -2.44. The van der Waals surface area contributed by atoms with Gasteiger partial charge in [-0.1, -0.05) is 0 Å². The van der Waals surface area contributed by atoms with Gasteiger partial charge in [-0.15, -0.1) is 0 Å². The van der Waals surface area contributed by atoms with E-state index in [4.69, 9.17) is 14.2 Å². The number of carbonyl (C=O) groups excluding carboxylic acids is 2. The van der Waals surface area contributed by atoms with Gasteiger partial charge in [-0.2, -0.15) is 0 Å². The molecule has 36 heavy (non-hydrogen) atoms. The first-order valence-corrected chi connectivity index (χ1v) is 11.4. The lowest BCUT2D eigenvalue weighted by Gasteiger charge is -2.19. The second-order valence-corrected chi connectivity index (χ2v) is 8.37. The van der Waals surface area contributed by atoms with E-state index in [1.807, 2.05) is 6.92 Å². The molecule has 4 aromatic rings. The quantitative estimate of drug-likeness (QED) is 0.228. The molecular formula is C25H22BrN5O5. The predicted octanol–water partition coefficient (Wildman–Crippen LogP) is 5.21. The third kappa shape index (κ3) is 5.47. The van der Waals surface area contributed by atoms with Crippen LogP contribution in [0.3, 0.4) is 0 Å². The van der Waals surface area contributed by atoms with Gasteiger partial charge in [-0.3, -0.25) is 9.78 Å². The van der Waals surface area contributed by atoms with Crippen molar-refractivity contribution < 1.29 is 23.8 Å². The summed E-state index contributed by atoms with van der Waals surface area (Å²) in [7, 11) is 3.13. The number of benzene rings is 2. The Balaban J connectivity index is 1.45. The van der Waals surface area contributed by atoms with E-state index in [2.05, 4.69) is 36.6 Å². The smallest absolute Gasteiger partial charge is 0.338 e. The molecule has 0 saturated carbocycles. The number of anilines is 2. The number of hydrogen-bond donors (Lipinski definition) is 2. The number of amides is 3. The summed E-state index contributed by atoms with van der Waals surface area (Å²) < 4.78 is 17.4. The molecule has 0 spiro atoms. The first-order chi connectivity index (χ1) is 17.4. The van der Waals surface area contributed by atoms with Crippen molar-refractivity contribution in [1.29, 1.82) is 0 Å². The standard InChI is InChI=1S/C25H22BrN5O5/c1-15-10-19(26)24(28-13-15)31(14-32)30-25(33)29-16-4-6-17(7-5-16)36-21-8-9-27-20-12-23(35-3)22(34-2)11-18(20)21/h4-14H,1-3H3,(H2,29,30,33). The summed E-state index contributed by atoms with van der Waals surface area (Å²) >= 11 is 3.34. The number of urea groups is 1. The fraction of sp³-hybridized carbons (Fsp3) is 0.120. The minimum atomic E-state index is -0.619. The highest BCUT2D eigenvalue weighted by Crippen LogP contribution is 2.37. The maximum Gasteiger partial charge on any atom is 0.338 e. The Labute approximate surface area is 215 Å². The SMILES string of the molecule is COc1cc2nccc(Oc3ccc(NC(=O)NN(C=O)c4ncc(C)cc4Br)cc3)c2cc1OC. The predicted molar refractivity (Wildman–Crippen MR) is 139 cm³/mol. The molecule has 2 N–H and O–H groups in total. The van der Waals surface area contributed by atoms with Crippen LogP contribution < -0.4 is 30.0 Å². The van der Waals surface area contributed by atoms with Crippen molar-refractivity contribution in [2.45, 2.75) is 6.92 Å². The van der Waals surface area contributed by atoms with Crippen LogP contribution in [0.15, 0.2) is 65.4 Å². The van der Waals surface area contributed by atoms with Crippen molar-refractivity contribution >= 4 is 50.8 Å². The molecule has 0 aliphatic heterocycles. The summed E-state index contributed by atoms with van der Waals surface area (Å²) in [6, 6.07) is 13.3. The summed E-state index contributed by atoms with van der Waals surface area (Å²) in [6.45, 7) is 1.87. The van der Waals surface area contributed by atoms with Crippen molar-refractivity contribution in [2.24, 2.45) is 0 Å². The van der Waals surface area contributed by atoms with E-state index in [-0.39, 0.29) is 5.82 Å². The molecule has 11 heteroatoms. The van der Waals surface area contributed by atoms with Crippen LogP contribution in [0.5, 0.6) is 23.0 Å². The number of nitrogens with zero attached hydrogens (tertiary/aromatic N) is 3. The molecule has 4 rings (SSSR count). The van der Waals surface area contributed by atoms with Gasteiger partial charge in [0, 0.05) is 29.5 Å². The third-order valence-corrected chi connectivity index (χ3v) is 5.64. The van der Waals surface area contributed by atoms with Crippen LogP contribution in [0.4, 0.5) is 16.3 Å². The van der Waals surface area contributed by atoms with Gasteiger partial charge in [0.25, 0.3) is 0 Å². The maximum absolute atomic E-state index is 12.4. The number of fused-ring (bicyclic) bond motifs is 1. The monoisotopic (exact) mass is 551 g/mol. The highest BCUT2D eigenvalue weighted by atomic mass is 79.9. The average Bonchev–Trinajstić information content (AvgIpc) is 2.88. The van der Waals surface area contributed by atoms with Crippen LogP contribution in [0.1, 0.15) is 5.56 Å². The van der Waals surface area contributed by atoms with Crippen LogP contribution in [0, 0.1) is 6.92 Å². The minimum Gasteiger partial charge on any atom is -0.493 e. The van der Waals surface area contributed by atoms with Gasteiger partial charge in [0.05, 0.1) is 24.2 Å². The lowest BCUT2D eigenvalue weighted by atomic mass is 10.2. The number of nitrogens with one attached hydrogen (secondary N) is 2. The molecule has 184 valence electrons. The number of methoxy groups -OCH3 is 2. The zero-order valence-corrected chi connectivity index (χ0v) is 21.2. The molecule has 2 aromatic heterocycles. The Hall–Kier alpha value is -4.38. The Morgan fingerprint density at radius 1 is 1.00 bits per heavy atom. The molecule has 3 amide bonds. The molecule has 0 atom stereocenters. The Kier molecular flexibility index (Phi) is 7.50. The number of ether oxygens (including phenoxy) is 3. The topological polar surface area (TPSA) is 115 Å². The fourth-order valence-electron chi connectivity index (χ4n) is 3.37. The second-order valence-electron chi connectivity index (χ2n) is 7.52. The Morgan fingerprint density at radius 2 is 1.72 bits per heavy atom. The van der Waals surface area contributed by atoms with E-state index in [0.717, 1.165) is 16.0 Å². The van der Waals surface area contributed by atoms with Gasteiger partial charge in [0.15, 0.2) is 17.3 Å². The molecular weight excluding hydrogens is 530 g/mol. The zero-order chi connectivity index (χ0) is 25.7. The fourth-order valence-corrected chi connectivity index (χ4v) is 4.03. The molecule has 2 aromatic carbocycles. The number of rotatable bonds is 8. The first-order valence-electron chi connectivity index (χ1n) is 10.6. The van der Waals surface area contributed by atoms with Gasteiger partial charge in [-0.25, -0.2) is 20.2 Å². The van der Waals surface area contributed by atoms with E-state index < -0.39 is 6.03 Å². The Bertz CT molecular complexity index is 1410. The number of carbonyl (C=O) groups is 2. The molecule has 0 saturated heterocycles. The number of aryl methyl sites for hydroxylation is 1. The van der Waals surface area contributed by atoms with Crippen LogP contribution >= 0.6 is 15.9 Å². The van der Waals surface area contributed by atoms with Crippen molar-refractivity contribution in [3.63, 3.8) is 0 Å². The van der Waals surface area contributed by atoms with Crippen LogP contribution in [-0.2, 0) is 4.79 Å². The number of hydrazine groups is 1. The molecule has 2 heterocycles. The molecule has 0 aliphatic rings. The normalized spacial score (nSPS) is 10.4. The van der Waals surface area contributed by atoms with Crippen molar-refractivity contribution in [2.75, 3.05) is 24.5 Å². The summed E-state index contributed by atoms with van der Waals surface area (Å²) in [5.74, 6) is 2.52. The molecule has 0 fully saturated rings. The minimum absolute atomic E-state index is 0.258. The van der Waals surface area contributed by atoms with Crippen LogP contribution in [0.25, 0.3) is 10.9 Å². The van der Waals surface area contributed by atoms with Crippen molar-refractivity contribution in [1.82, 2.24) is 15.4 Å². The number of pyridine rings is 2. The lowest BCUT2D eigenvalue weighted by molar-refractivity contribution is -0.107. The first kappa shape index (κ1) is 24.7. The highest BCUT2D eigenvalue weighted by molar-refractivity contribution is 9.10. The van der Waals surface area contributed by atoms with Gasteiger partial charge in [0.2, 0.25) is 6.41 Å².